The molecule has 0 radical (unpaired) electrons. The first-order valence-corrected chi connectivity index (χ1v) is 8.92. The second-order valence-corrected chi connectivity index (χ2v) is 6.35. The van der Waals surface area contributed by atoms with Crippen LogP contribution in [0.2, 0.25) is 0 Å². The highest BCUT2D eigenvalue weighted by Crippen LogP contribution is 2.13. The fourth-order valence-electron chi connectivity index (χ4n) is 2.84. The number of nitrogens with zero attached hydrogens (tertiary/aromatic N) is 3. The predicted molar refractivity (Wildman–Crippen MR) is 107 cm³/mol. The number of pyridine rings is 2. The van der Waals surface area contributed by atoms with E-state index in [1.54, 1.807) is 35.9 Å². The molecule has 0 spiro atoms. The maximum Gasteiger partial charge on any atom is 0.344 e. The molecule has 1 amide bonds. The SMILES string of the molecule is CCn1cc(C(=O)OCC(=O)N(C)c2ccccc2)c(=O)c2ccc(C)nc21. The lowest BCUT2D eigenvalue weighted by molar-refractivity contribution is -0.121. The van der Waals surface area contributed by atoms with Gasteiger partial charge in [0.1, 0.15) is 11.2 Å². The molecule has 7 heteroatoms. The van der Waals surface area contributed by atoms with E-state index in [1.807, 2.05) is 32.0 Å². The number of amides is 1. The number of esters is 1. The largest absolute Gasteiger partial charge is 0.452 e. The molecule has 3 aromatic rings. The van der Waals surface area contributed by atoms with Crippen molar-refractivity contribution in [2.24, 2.45) is 0 Å². The van der Waals surface area contributed by atoms with E-state index in [4.69, 9.17) is 4.74 Å². The molecule has 144 valence electrons. The van der Waals surface area contributed by atoms with Gasteiger partial charge in [0.2, 0.25) is 5.43 Å². The van der Waals surface area contributed by atoms with Gasteiger partial charge in [-0.2, -0.15) is 0 Å². The van der Waals surface area contributed by atoms with E-state index >= 15 is 0 Å². The van der Waals surface area contributed by atoms with Crippen LogP contribution in [0.1, 0.15) is 23.0 Å². The van der Waals surface area contributed by atoms with Crippen LogP contribution in [0.3, 0.4) is 0 Å². The third kappa shape index (κ3) is 3.78. The summed E-state index contributed by atoms with van der Waals surface area (Å²) < 4.78 is 6.84. The van der Waals surface area contributed by atoms with Gasteiger partial charge in [-0.25, -0.2) is 9.78 Å². The quantitative estimate of drug-likeness (QED) is 0.637. The summed E-state index contributed by atoms with van der Waals surface area (Å²) in [6.07, 6.45) is 1.44. The minimum Gasteiger partial charge on any atom is -0.452 e. The maximum absolute atomic E-state index is 12.7. The van der Waals surface area contributed by atoms with E-state index < -0.39 is 23.9 Å². The Morgan fingerprint density at radius 3 is 2.54 bits per heavy atom. The van der Waals surface area contributed by atoms with Gasteiger partial charge in [-0.05, 0) is 38.1 Å². The highest BCUT2D eigenvalue weighted by molar-refractivity contribution is 5.97. The van der Waals surface area contributed by atoms with Gasteiger partial charge in [-0.1, -0.05) is 18.2 Å². The zero-order valence-corrected chi connectivity index (χ0v) is 16.0. The second-order valence-electron chi connectivity index (χ2n) is 6.35. The van der Waals surface area contributed by atoms with Gasteiger partial charge in [0.15, 0.2) is 6.61 Å². The Labute approximate surface area is 162 Å². The molecular formula is C21H21N3O4. The molecule has 0 saturated heterocycles. The number of ether oxygens (including phenoxy) is 1. The van der Waals surface area contributed by atoms with E-state index in [0.29, 0.717) is 23.3 Å². The molecule has 0 aliphatic carbocycles. The van der Waals surface area contributed by atoms with Crippen LogP contribution in [0.5, 0.6) is 0 Å². The predicted octanol–water partition coefficient (Wildman–Crippen LogP) is 2.54. The summed E-state index contributed by atoms with van der Waals surface area (Å²) in [6.45, 7) is 3.80. The first kappa shape index (κ1) is 19.3. The number of rotatable bonds is 5. The number of carbonyl (C=O) groups is 2. The molecule has 0 unspecified atom stereocenters. The van der Waals surface area contributed by atoms with Gasteiger partial charge >= 0.3 is 5.97 Å². The lowest BCUT2D eigenvalue weighted by Crippen LogP contribution is -2.32. The smallest absolute Gasteiger partial charge is 0.344 e. The molecule has 1 aromatic carbocycles. The first-order valence-electron chi connectivity index (χ1n) is 8.92. The minimum absolute atomic E-state index is 0.116. The Hall–Kier alpha value is -3.48. The molecule has 0 bridgehead atoms. The van der Waals surface area contributed by atoms with Crippen LogP contribution in [-0.2, 0) is 16.1 Å². The van der Waals surface area contributed by atoms with Crippen molar-refractivity contribution in [2.45, 2.75) is 20.4 Å². The molecule has 0 saturated carbocycles. The highest BCUT2D eigenvalue weighted by Gasteiger charge is 2.19. The number of para-hydroxylation sites is 1. The van der Waals surface area contributed by atoms with Crippen molar-refractivity contribution in [3.05, 3.63) is 70.1 Å². The fourth-order valence-corrected chi connectivity index (χ4v) is 2.84. The average Bonchev–Trinajstić information content (AvgIpc) is 2.72. The Morgan fingerprint density at radius 2 is 1.86 bits per heavy atom. The van der Waals surface area contributed by atoms with Crippen molar-refractivity contribution >= 4 is 28.6 Å². The van der Waals surface area contributed by atoms with Gasteiger partial charge in [-0.15, -0.1) is 0 Å². The second kappa shape index (κ2) is 8.04. The Balaban J connectivity index is 1.82. The van der Waals surface area contributed by atoms with E-state index in [2.05, 4.69) is 4.98 Å². The fraction of sp³-hybridized carbons (Fsp3) is 0.238. The number of anilines is 1. The number of fused-ring (bicyclic) bond motifs is 1. The van der Waals surface area contributed by atoms with Crippen molar-refractivity contribution in [2.75, 3.05) is 18.6 Å². The number of aromatic nitrogens is 2. The number of hydrogen-bond acceptors (Lipinski definition) is 5. The molecular weight excluding hydrogens is 358 g/mol. The van der Waals surface area contributed by atoms with E-state index in [9.17, 15) is 14.4 Å². The van der Waals surface area contributed by atoms with Crippen molar-refractivity contribution in [3.63, 3.8) is 0 Å². The molecule has 0 aliphatic rings. The molecule has 0 atom stereocenters. The molecule has 7 nitrogen and oxygen atoms in total. The van der Waals surface area contributed by atoms with Gasteiger partial charge in [-0.3, -0.25) is 9.59 Å². The number of hydrogen-bond donors (Lipinski definition) is 0. The average molecular weight is 379 g/mol. The monoisotopic (exact) mass is 379 g/mol. The van der Waals surface area contributed by atoms with Gasteiger partial charge < -0.3 is 14.2 Å². The van der Waals surface area contributed by atoms with E-state index in [-0.39, 0.29) is 5.56 Å². The van der Waals surface area contributed by atoms with Crippen LogP contribution < -0.4 is 10.3 Å². The van der Waals surface area contributed by atoms with Crippen LogP contribution in [0.15, 0.2) is 53.5 Å². The summed E-state index contributed by atoms with van der Waals surface area (Å²) in [4.78, 5) is 43.3. The normalized spacial score (nSPS) is 10.7. The summed E-state index contributed by atoms with van der Waals surface area (Å²) in [7, 11) is 1.60. The number of benzene rings is 1. The molecule has 2 aromatic heterocycles. The first-order chi connectivity index (χ1) is 13.4. The lowest BCUT2D eigenvalue weighted by atomic mass is 10.2. The lowest BCUT2D eigenvalue weighted by Gasteiger charge is -2.17. The van der Waals surface area contributed by atoms with Crippen molar-refractivity contribution in [1.29, 1.82) is 0 Å². The van der Waals surface area contributed by atoms with Gasteiger partial charge in [0.05, 0.1) is 5.39 Å². The van der Waals surface area contributed by atoms with Crippen molar-refractivity contribution in [1.82, 2.24) is 9.55 Å². The Morgan fingerprint density at radius 1 is 1.14 bits per heavy atom. The van der Waals surface area contributed by atoms with Crippen LogP contribution in [0.4, 0.5) is 5.69 Å². The Kier molecular flexibility index (Phi) is 5.54. The van der Waals surface area contributed by atoms with Crippen molar-refractivity contribution in [3.8, 4) is 0 Å². The third-order valence-electron chi connectivity index (χ3n) is 4.47. The number of aryl methyl sites for hydroxylation is 2. The molecule has 3 rings (SSSR count). The topological polar surface area (TPSA) is 81.5 Å². The van der Waals surface area contributed by atoms with Crippen LogP contribution >= 0.6 is 0 Å². The summed E-state index contributed by atoms with van der Waals surface area (Å²) >= 11 is 0. The molecule has 28 heavy (non-hydrogen) atoms. The highest BCUT2D eigenvalue weighted by atomic mass is 16.5. The summed E-state index contributed by atoms with van der Waals surface area (Å²) in [6, 6.07) is 12.4. The summed E-state index contributed by atoms with van der Waals surface area (Å²) in [5.41, 5.74) is 1.41. The number of carbonyl (C=O) groups excluding carboxylic acids is 2. The number of likely N-dealkylation sites (N-methyl/N-ethyl adjacent to an activating group) is 1. The molecule has 0 aliphatic heterocycles. The molecule has 0 N–H and O–H groups in total. The van der Waals surface area contributed by atoms with Gasteiger partial charge in [0.25, 0.3) is 5.91 Å². The zero-order chi connectivity index (χ0) is 20.3. The van der Waals surface area contributed by atoms with Crippen molar-refractivity contribution < 1.29 is 14.3 Å². The summed E-state index contributed by atoms with van der Waals surface area (Å²) in [5, 5.41) is 0.342. The van der Waals surface area contributed by atoms with Crippen LogP contribution in [0.25, 0.3) is 11.0 Å². The van der Waals surface area contributed by atoms with E-state index in [0.717, 1.165) is 5.69 Å². The van der Waals surface area contributed by atoms with Crippen LogP contribution in [-0.4, -0.2) is 35.1 Å². The maximum atomic E-state index is 12.7. The minimum atomic E-state index is -0.829. The molecule has 0 fully saturated rings. The summed E-state index contributed by atoms with van der Waals surface area (Å²) in [5.74, 6) is -1.22. The Bertz CT molecular complexity index is 1090. The third-order valence-corrected chi connectivity index (χ3v) is 4.47. The van der Waals surface area contributed by atoms with Gasteiger partial charge in [0, 0.05) is 31.2 Å². The standard InChI is InChI=1S/C21H21N3O4/c1-4-24-12-17(19(26)16-11-10-14(2)22-20(16)24)21(27)28-13-18(25)23(3)15-8-6-5-7-9-15/h5-12H,4,13H2,1-3H3. The molecule has 2 heterocycles. The van der Waals surface area contributed by atoms with E-state index in [1.165, 1.54) is 11.1 Å². The zero-order valence-electron chi connectivity index (χ0n) is 16.0. The van der Waals surface area contributed by atoms with Crippen LogP contribution in [0, 0.1) is 6.92 Å².